The van der Waals surface area contributed by atoms with E-state index in [4.69, 9.17) is 9.84 Å². The molecule has 2 aliphatic rings. The number of ether oxygens (including phenoxy) is 1. The summed E-state index contributed by atoms with van der Waals surface area (Å²) in [5.74, 6) is -0.145. The molecule has 0 saturated heterocycles. The summed E-state index contributed by atoms with van der Waals surface area (Å²) in [7, 11) is 0. The first kappa shape index (κ1) is 11.5. The molecule has 1 aromatic rings. The Bertz CT molecular complexity index is 486. The van der Waals surface area contributed by atoms with Crippen LogP contribution in [0.2, 0.25) is 0 Å². The Morgan fingerprint density at radius 2 is 2.17 bits per heavy atom. The highest BCUT2D eigenvalue weighted by Gasteiger charge is 2.41. The Morgan fingerprint density at radius 3 is 2.78 bits per heavy atom. The van der Waals surface area contributed by atoms with Gasteiger partial charge in [-0.25, -0.2) is 9.18 Å². The van der Waals surface area contributed by atoms with Crippen LogP contribution in [-0.4, -0.2) is 17.2 Å². The smallest absolute Gasteiger partial charge is 0.339 e. The summed E-state index contributed by atoms with van der Waals surface area (Å²) in [4.78, 5) is 11.1. The van der Waals surface area contributed by atoms with Crippen molar-refractivity contribution in [3.8, 4) is 5.75 Å². The van der Waals surface area contributed by atoms with Crippen molar-refractivity contribution in [1.82, 2.24) is 0 Å². The molecule has 1 aromatic carbocycles. The van der Waals surface area contributed by atoms with Crippen LogP contribution in [0.1, 0.15) is 36.0 Å². The minimum absolute atomic E-state index is 0.0409. The van der Waals surface area contributed by atoms with Crippen LogP contribution in [0, 0.1) is 17.7 Å². The predicted octanol–water partition coefficient (Wildman–Crippen LogP) is 3.09. The van der Waals surface area contributed by atoms with Crippen LogP contribution >= 0.6 is 0 Å². The number of carboxylic acid groups (broad SMARTS) is 1. The molecule has 2 bridgehead atoms. The normalized spacial score (nSPS) is 29.5. The van der Waals surface area contributed by atoms with Gasteiger partial charge in [0.1, 0.15) is 23.2 Å². The van der Waals surface area contributed by atoms with Crippen molar-refractivity contribution in [3.63, 3.8) is 0 Å². The fraction of sp³-hybridized carbons (Fsp3) is 0.500. The molecule has 2 saturated carbocycles. The molecule has 0 aromatic heterocycles. The van der Waals surface area contributed by atoms with Crippen LogP contribution in [0.25, 0.3) is 0 Å². The molecule has 3 nitrogen and oxygen atoms in total. The highest BCUT2D eigenvalue weighted by atomic mass is 19.1. The Kier molecular flexibility index (Phi) is 2.73. The van der Waals surface area contributed by atoms with Crippen molar-refractivity contribution >= 4 is 5.97 Å². The van der Waals surface area contributed by atoms with Crippen molar-refractivity contribution in [2.24, 2.45) is 11.8 Å². The maximum absolute atomic E-state index is 13.2. The molecule has 0 heterocycles. The van der Waals surface area contributed by atoms with Crippen molar-refractivity contribution in [1.29, 1.82) is 0 Å². The van der Waals surface area contributed by atoms with E-state index >= 15 is 0 Å². The van der Waals surface area contributed by atoms with E-state index in [0.29, 0.717) is 11.8 Å². The average molecular weight is 250 g/mol. The fourth-order valence-corrected chi connectivity index (χ4v) is 3.26. The lowest BCUT2D eigenvalue weighted by Crippen LogP contribution is -2.24. The lowest BCUT2D eigenvalue weighted by Gasteiger charge is -2.23. The summed E-state index contributed by atoms with van der Waals surface area (Å²) in [6.45, 7) is 0. The largest absolute Gasteiger partial charge is 0.489 e. The number of benzene rings is 1. The summed E-state index contributed by atoms with van der Waals surface area (Å²) < 4.78 is 19.0. The van der Waals surface area contributed by atoms with Gasteiger partial charge in [-0.1, -0.05) is 0 Å². The van der Waals surface area contributed by atoms with Crippen LogP contribution < -0.4 is 4.74 Å². The SMILES string of the molecule is O=C(O)c1ccc(F)cc1OC1CC2CCC1C2. The Labute approximate surface area is 105 Å². The lowest BCUT2D eigenvalue weighted by atomic mass is 9.97. The summed E-state index contributed by atoms with van der Waals surface area (Å²) in [5, 5.41) is 9.06. The van der Waals surface area contributed by atoms with Crippen molar-refractivity contribution in [2.75, 3.05) is 0 Å². The van der Waals surface area contributed by atoms with E-state index in [9.17, 15) is 9.18 Å². The molecule has 3 atom stereocenters. The van der Waals surface area contributed by atoms with Gasteiger partial charge in [-0.2, -0.15) is 0 Å². The monoisotopic (exact) mass is 250 g/mol. The maximum atomic E-state index is 13.2. The first-order valence-corrected chi connectivity index (χ1v) is 6.33. The van der Waals surface area contributed by atoms with Crippen LogP contribution in [-0.2, 0) is 0 Å². The number of fused-ring (bicyclic) bond motifs is 2. The third-order valence-electron chi connectivity index (χ3n) is 4.13. The topological polar surface area (TPSA) is 46.5 Å². The number of halogens is 1. The number of carbonyl (C=O) groups is 1. The van der Waals surface area contributed by atoms with Gasteiger partial charge in [0.05, 0.1) is 0 Å². The van der Waals surface area contributed by atoms with E-state index in [1.54, 1.807) is 0 Å². The highest BCUT2D eigenvalue weighted by molar-refractivity contribution is 5.90. The third-order valence-corrected chi connectivity index (χ3v) is 4.13. The molecule has 3 unspecified atom stereocenters. The van der Waals surface area contributed by atoms with Gasteiger partial charge in [0.15, 0.2) is 0 Å². The minimum atomic E-state index is -1.08. The maximum Gasteiger partial charge on any atom is 0.339 e. The lowest BCUT2D eigenvalue weighted by molar-refractivity contribution is 0.0683. The summed E-state index contributed by atoms with van der Waals surface area (Å²) >= 11 is 0. The zero-order valence-electron chi connectivity index (χ0n) is 9.93. The molecule has 18 heavy (non-hydrogen) atoms. The van der Waals surface area contributed by atoms with E-state index in [-0.39, 0.29) is 17.4 Å². The highest BCUT2D eigenvalue weighted by Crippen LogP contribution is 2.46. The molecule has 1 N–H and O–H groups in total. The molecule has 96 valence electrons. The third kappa shape index (κ3) is 1.96. The van der Waals surface area contributed by atoms with Crippen molar-refractivity contribution < 1.29 is 19.0 Å². The Morgan fingerprint density at radius 1 is 1.33 bits per heavy atom. The Balaban J connectivity index is 1.83. The van der Waals surface area contributed by atoms with Gasteiger partial charge in [0, 0.05) is 6.07 Å². The summed E-state index contributed by atoms with van der Waals surface area (Å²) in [6.07, 6.45) is 4.60. The fourth-order valence-electron chi connectivity index (χ4n) is 3.26. The van der Waals surface area contributed by atoms with Gasteiger partial charge >= 0.3 is 5.97 Å². The van der Waals surface area contributed by atoms with Crippen LogP contribution in [0.4, 0.5) is 4.39 Å². The van der Waals surface area contributed by atoms with Crippen LogP contribution in [0.5, 0.6) is 5.75 Å². The van der Waals surface area contributed by atoms with Crippen LogP contribution in [0.3, 0.4) is 0 Å². The average Bonchev–Trinajstić information content (AvgIpc) is 2.90. The van der Waals surface area contributed by atoms with Crippen molar-refractivity contribution in [3.05, 3.63) is 29.6 Å². The summed E-state index contributed by atoms with van der Waals surface area (Å²) in [5.41, 5.74) is 0.0409. The number of hydrogen-bond acceptors (Lipinski definition) is 2. The predicted molar refractivity (Wildman–Crippen MR) is 63.2 cm³/mol. The molecule has 0 amide bonds. The van der Waals surface area contributed by atoms with E-state index in [1.807, 2.05) is 0 Å². The van der Waals surface area contributed by atoms with Gasteiger partial charge in [-0.05, 0) is 49.7 Å². The van der Waals surface area contributed by atoms with Gasteiger partial charge < -0.3 is 9.84 Å². The molecule has 0 aliphatic heterocycles. The summed E-state index contributed by atoms with van der Waals surface area (Å²) in [6, 6.07) is 3.59. The van der Waals surface area contributed by atoms with Gasteiger partial charge in [-0.15, -0.1) is 0 Å². The molecule has 2 aliphatic carbocycles. The zero-order valence-corrected chi connectivity index (χ0v) is 9.93. The second kappa shape index (κ2) is 4.26. The van der Waals surface area contributed by atoms with E-state index in [1.165, 1.54) is 25.0 Å². The van der Waals surface area contributed by atoms with E-state index in [2.05, 4.69) is 0 Å². The quantitative estimate of drug-likeness (QED) is 0.896. The number of carboxylic acids is 1. The molecule has 0 radical (unpaired) electrons. The van der Waals surface area contributed by atoms with Gasteiger partial charge in [0.25, 0.3) is 0 Å². The standard InChI is InChI=1S/C14H15FO3/c15-10-3-4-11(14(16)17)13(7-10)18-12-6-8-1-2-9(12)5-8/h3-4,7-9,12H,1-2,5-6H2,(H,16,17). The molecule has 4 heteroatoms. The first-order valence-electron chi connectivity index (χ1n) is 6.33. The molecule has 3 rings (SSSR count). The first-order chi connectivity index (χ1) is 8.63. The number of rotatable bonds is 3. The minimum Gasteiger partial charge on any atom is -0.489 e. The second-order valence-electron chi connectivity index (χ2n) is 5.28. The molecule has 2 fully saturated rings. The molecule has 0 spiro atoms. The van der Waals surface area contributed by atoms with Gasteiger partial charge in [0.2, 0.25) is 0 Å². The second-order valence-corrected chi connectivity index (χ2v) is 5.28. The van der Waals surface area contributed by atoms with E-state index in [0.717, 1.165) is 18.9 Å². The van der Waals surface area contributed by atoms with Gasteiger partial charge in [-0.3, -0.25) is 0 Å². The Hall–Kier alpha value is -1.58. The number of hydrogen-bond donors (Lipinski definition) is 1. The van der Waals surface area contributed by atoms with Crippen molar-refractivity contribution in [2.45, 2.75) is 31.8 Å². The van der Waals surface area contributed by atoms with E-state index < -0.39 is 11.8 Å². The van der Waals surface area contributed by atoms with Crippen LogP contribution in [0.15, 0.2) is 18.2 Å². The molecular weight excluding hydrogens is 235 g/mol. The zero-order chi connectivity index (χ0) is 12.7. The molecular formula is C14H15FO3. The number of aromatic carboxylic acids is 1.